The molecule has 0 aromatic heterocycles. The molecule has 0 unspecified atom stereocenters. The van der Waals surface area contributed by atoms with E-state index in [1.54, 1.807) is 21.3 Å². The van der Waals surface area contributed by atoms with Crippen LogP contribution in [-0.4, -0.2) is 57.1 Å². The smallest absolute Gasteiger partial charge is 0.161 e. The van der Waals surface area contributed by atoms with Gasteiger partial charge in [0.15, 0.2) is 23.0 Å². The number of methoxy groups -OCH3 is 3. The molecule has 6 heteroatoms. The minimum atomic E-state index is -0.586. The van der Waals surface area contributed by atoms with E-state index in [2.05, 4.69) is 4.90 Å². The van der Waals surface area contributed by atoms with Gasteiger partial charge in [0.1, 0.15) is 12.7 Å². The Labute approximate surface area is 160 Å². The standard InChI is InChI=1S/C21H27NO5/c1-24-18-6-4-5-7-19(18)27-14-17(23)13-22-9-8-15-10-20(25-2)21(26-3)11-16(15)12-22/h4-7,10-11,17,23H,8-9,12-14H2,1-3H3/t17-/m0/s1. The number of nitrogens with zero attached hydrogens (tertiary/aromatic N) is 1. The Morgan fingerprint density at radius 3 is 2.22 bits per heavy atom. The van der Waals surface area contributed by atoms with Gasteiger partial charge in [0.25, 0.3) is 0 Å². The highest BCUT2D eigenvalue weighted by molar-refractivity contribution is 5.48. The lowest BCUT2D eigenvalue weighted by atomic mass is 9.98. The molecule has 1 atom stereocenters. The van der Waals surface area contributed by atoms with Crippen molar-refractivity contribution in [1.82, 2.24) is 4.90 Å². The molecule has 2 aromatic carbocycles. The van der Waals surface area contributed by atoms with E-state index in [0.29, 0.717) is 18.0 Å². The Morgan fingerprint density at radius 1 is 0.926 bits per heavy atom. The van der Waals surface area contributed by atoms with Crippen molar-refractivity contribution in [3.8, 4) is 23.0 Å². The van der Waals surface area contributed by atoms with Crippen molar-refractivity contribution in [2.24, 2.45) is 0 Å². The van der Waals surface area contributed by atoms with E-state index in [9.17, 15) is 5.11 Å². The van der Waals surface area contributed by atoms with E-state index < -0.39 is 6.10 Å². The Morgan fingerprint density at radius 2 is 1.56 bits per heavy atom. The van der Waals surface area contributed by atoms with Gasteiger partial charge in [-0.1, -0.05) is 12.1 Å². The number of hydrogen-bond acceptors (Lipinski definition) is 6. The number of rotatable bonds is 8. The highest BCUT2D eigenvalue weighted by Gasteiger charge is 2.21. The first-order valence-electron chi connectivity index (χ1n) is 9.04. The molecule has 146 valence electrons. The van der Waals surface area contributed by atoms with Crippen molar-refractivity contribution in [3.05, 3.63) is 47.5 Å². The lowest BCUT2D eigenvalue weighted by Crippen LogP contribution is -2.38. The van der Waals surface area contributed by atoms with E-state index in [-0.39, 0.29) is 6.61 Å². The average molecular weight is 373 g/mol. The molecule has 0 fully saturated rings. The van der Waals surface area contributed by atoms with Gasteiger partial charge in [0, 0.05) is 19.6 Å². The first kappa shape index (κ1) is 19.3. The van der Waals surface area contributed by atoms with Crippen molar-refractivity contribution in [1.29, 1.82) is 0 Å². The summed E-state index contributed by atoms with van der Waals surface area (Å²) in [4.78, 5) is 2.23. The number of fused-ring (bicyclic) bond motifs is 1. The number of benzene rings is 2. The average Bonchev–Trinajstić information content (AvgIpc) is 2.71. The summed E-state index contributed by atoms with van der Waals surface area (Å²) in [5.41, 5.74) is 2.47. The Hall–Kier alpha value is -2.44. The van der Waals surface area contributed by atoms with Crippen molar-refractivity contribution in [3.63, 3.8) is 0 Å². The molecule has 3 rings (SSSR count). The molecule has 2 aromatic rings. The van der Waals surface area contributed by atoms with Crippen LogP contribution in [0.3, 0.4) is 0 Å². The van der Waals surface area contributed by atoms with Gasteiger partial charge in [-0.2, -0.15) is 0 Å². The number of hydrogen-bond donors (Lipinski definition) is 1. The lowest BCUT2D eigenvalue weighted by molar-refractivity contribution is 0.0628. The number of β-amino-alcohol motifs (C(OH)–C–C–N with tert-alkyl or cyclic N) is 1. The third kappa shape index (κ3) is 4.64. The summed E-state index contributed by atoms with van der Waals surface area (Å²) >= 11 is 0. The largest absolute Gasteiger partial charge is 0.493 e. The molecule has 6 nitrogen and oxygen atoms in total. The summed E-state index contributed by atoms with van der Waals surface area (Å²) < 4.78 is 21.8. The maximum atomic E-state index is 10.4. The second-order valence-corrected chi connectivity index (χ2v) is 6.58. The van der Waals surface area contributed by atoms with Crippen LogP contribution in [0, 0.1) is 0 Å². The molecule has 0 radical (unpaired) electrons. The summed E-state index contributed by atoms with van der Waals surface area (Å²) in [6, 6.07) is 11.5. The van der Waals surface area contributed by atoms with Gasteiger partial charge in [0.2, 0.25) is 0 Å². The summed E-state index contributed by atoms with van der Waals surface area (Å²) in [6.07, 6.45) is 0.326. The third-order valence-electron chi connectivity index (χ3n) is 4.77. The Bertz CT molecular complexity index is 764. The maximum absolute atomic E-state index is 10.4. The molecule has 1 aliphatic rings. The highest BCUT2D eigenvalue weighted by Crippen LogP contribution is 2.33. The lowest BCUT2D eigenvalue weighted by Gasteiger charge is -2.31. The number of aliphatic hydroxyl groups excluding tert-OH is 1. The second-order valence-electron chi connectivity index (χ2n) is 6.58. The van der Waals surface area contributed by atoms with Crippen LogP contribution in [0.1, 0.15) is 11.1 Å². The van der Waals surface area contributed by atoms with Crippen molar-refractivity contribution in [2.45, 2.75) is 19.1 Å². The molecular weight excluding hydrogens is 346 g/mol. The first-order valence-corrected chi connectivity index (χ1v) is 9.04. The minimum Gasteiger partial charge on any atom is -0.493 e. The minimum absolute atomic E-state index is 0.218. The van der Waals surface area contributed by atoms with Crippen LogP contribution in [0.15, 0.2) is 36.4 Å². The van der Waals surface area contributed by atoms with E-state index in [1.165, 1.54) is 11.1 Å². The predicted molar refractivity (Wildman–Crippen MR) is 103 cm³/mol. The fraction of sp³-hybridized carbons (Fsp3) is 0.429. The van der Waals surface area contributed by atoms with Crippen molar-refractivity contribution in [2.75, 3.05) is 41.0 Å². The van der Waals surface area contributed by atoms with Gasteiger partial charge in [-0.15, -0.1) is 0 Å². The normalized spacial score (nSPS) is 15.0. The molecule has 0 aliphatic carbocycles. The van der Waals surface area contributed by atoms with E-state index in [0.717, 1.165) is 31.0 Å². The van der Waals surface area contributed by atoms with Gasteiger partial charge in [0.05, 0.1) is 21.3 Å². The van der Waals surface area contributed by atoms with Crippen LogP contribution >= 0.6 is 0 Å². The van der Waals surface area contributed by atoms with E-state index >= 15 is 0 Å². The van der Waals surface area contributed by atoms with Crippen LogP contribution in [0.4, 0.5) is 0 Å². The first-order chi connectivity index (χ1) is 13.1. The van der Waals surface area contributed by atoms with Gasteiger partial charge in [-0.05, 0) is 41.8 Å². The number of ether oxygens (including phenoxy) is 4. The zero-order chi connectivity index (χ0) is 19.2. The summed E-state index contributed by atoms with van der Waals surface area (Å²) in [5, 5.41) is 10.4. The topological polar surface area (TPSA) is 60.4 Å². The zero-order valence-corrected chi connectivity index (χ0v) is 16.1. The van der Waals surface area contributed by atoms with Gasteiger partial charge < -0.3 is 24.1 Å². The second kappa shape index (κ2) is 8.97. The molecule has 0 bridgehead atoms. The monoisotopic (exact) mass is 373 g/mol. The molecule has 0 saturated carbocycles. The Balaban J connectivity index is 1.57. The molecule has 27 heavy (non-hydrogen) atoms. The highest BCUT2D eigenvalue weighted by atomic mass is 16.5. The van der Waals surface area contributed by atoms with Gasteiger partial charge >= 0.3 is 0 Å². The number of aliphatic hydroxyl groups is 1. The van der Waals surface area contributed by atoms with Crippen LogP contribution in [0.25, 0.3) is 0 Å². The van der Waals surface area contributed by atoms with Crippen LogP contribution < -0.4 is 18.9 Å². The van der Waals surface area contributed by atoms with Gasteiger partial charge in [-0.25, -0.2) is 0 Å². The van der Waals surface area contributed by atoms with Crippen LogP contribution in [-0.2, 0) is 13.0 Å². The molecule has 1 heterocycles. The van der Waals surface area contributed by atoms with Crippen LogP contribution in [0.2, 0.25) is 0 Å². The molecular formula is C21H27NO5. The van der Waals surface area contributed by atoms with Crippen LogP contribution in [0.5, 0.6) is 23.0 Å². The molecule has 1 N–H and O–H groups in total. The number of para-hydroxylation sites is 2. The predicted octanol–water partition coefficient (Wildman–Crippen LogP) is 2.51. The van der Waals surface area contributed by atoms with Gasteiger partial charge in [-0.3, -0.25) is 4.90 Å². The fourth-order valence-electron chi connectivity index (χ4n) is 3.37. The summed E-state index contributed by atoms with van der Waals surface area (Å²) in [7, 11) is 4.90. The zero-order valence-electron chi connectivity index (χ0n) is 16.1. The molecule has 1 aliphatic heterocycles. The summed E-state index contributed by atoms with van der Waals surface area (Å²) in [5.74, 6) is 2.80. The van der Waals surface area contributed by atoms with Crippen molar-refractivity contribution < 1.29 is 24.1 Å². The summed E-state index contributed by atoms with van der Waals surface area (Å²) in [6.45, 7) is 2.41. The molecule has 0 spiro atoms. The third-order valence-corrected chi connectivity index (χ3v) is 4.77. The fourth-order valence-corrected chi connectivity index (χ4v) is 3.37. The maximum Gasteiger partial charge on any atom is 0.161 e. The molecule has 0 saturated heterocycles. The van der Waals surface area contributed by atoms with E-state index in [4.69, 9.17) is 18.9 Å². The quantitative estimate of drug-likeness (QED) is 0.767. The SMILES string of the molecule is COc1cc2c(cc1OC)CN(C[C@H](O)COc1ccccc1OC)CC2. The van der Waals surface area contributed by atoms with E-state index in [1.807, 2.05) is 36.4 Å². The van der Waals surface area contributed by atoms with Crippen molar-refractivity contribution >= 4 is 0 Å². The molecule has 0 amide bonds. The Kier molecular flexibility index (Phi) is 6.42.